The molecule has 0 amide bonds. The summed E-state index contributed by atoms with van der Waals surface area (Å²) in [6, 6.07) is 7.50. The molecule has 0 aliphatic carbocycles. The van der Waals surface area contributed by atoms with Crippen molar-refractivity contribution in [2.75, 3.05) is 12.8 Å². The highest BCUT2D eigenvalue weighted by molar-refractivity contribution is 7.91. The third-order valence-electron chi connectivity index (χ3n) is 3.52. The van der Waals surface area contributed by atoms with Crippen LogP contribution in [0.15, 0.2) is 33.5 Å². The predicted octanol–water partition coefficient (Wildman–Crippen LogP) is 3.54. The van der Waals surface area contributed by atoms with Gasteiger partial charge in [-0.25, -0.2) is 12.9 Å². The quantitative estimate of drug-likeness (QED) is 0.816. The lowest BCUT2D eigenvalue weighted by Crippen LogP contribution is -2.34. The Hall–Kier alpha value is -1.07. The highest BCUT2D eigenvalue weighted by Crippen LogP contribution is 2.23. The standard InChI is InChI=1S/C15H27N3OS/c1-6-14(7-2)17-20(19,18(5)12(3)4)15-10-8-9-13(16)11-15/h8-12,14H,6-7,16H2,1-5H3. The topological polar surface area (TPSA) is 58.7 Å². The van der Waals surface area contributed by atoms with E-state index in [1.807, 2.05) is 37.3 Å². The molecule has 2 N–H and O–H groups in total. The zero-order valence-electron chi connectivity index (χ0n) is 13.2. The van der Waals surface area contributed by atoms with Crippen molar-refractivity contribution in [3.63, 3.8) is 0 Å². The molecule has 0 saturated carbocycles. The molecule has 20 heavy (non-hydrogen) atoms. The highest BCUT2D eigenvalue weighted by atomic mass is 32.2. The Bertz CT molecular complexity index is 544. The zero-order chi connectivity index (χ0) is 15.3. The maximum Gasteiger partial charge on any atom is 0.140 e. The molecule has 1 rings (SSSR count). The van der Waals surface area contributed by atoms with Gasteiger partial charge in [-0.15, -0.1) is 0 Å². The number of hydrogen-bond donors (Lipinski definition) is 1. The summed E-state index contributed by atoms with van der Waals surface area (Å²) in [4.78, 5) is 0.695. The molecule has 0 aliphatic rings. The van der Waals surface area contributed by atoms with Crippen LogP contribution in [0.1, 0.15) is 40.5 Å². The maximum absolute atomic E-state index is 13.5. The molecular weight excluding hydrogens is 270 g/mol. The monoisotopic (exact) mass is 297 g/mol. The van der Waals surface area contributed by atoms with Crippen LogP contribution in [0, 0.1) is 0 Å². The molecule has 1 atom stereocenters. The first-order chi connectivity index (χ1) is 9.35. The van der Waals surface area contributed by atoms with Crippen LogP contribution in [-0.4, -0.2) is 27.6 Å². The molecule has 0 heterocycles. The molecule has 0 spiro atoms. The van der Waals surface area contributed by atoms with Crippen molar-refractivity contribution in [2.45, 2.75) is 57.5 Å². The van der Waals surface area contributed by atoms with Gasteiger partial charge in [0.2, 0.25) is 0 Å². The zero-order valence-corrected chi connectivity index (χ0v) is 14.0. The van der Waals surface area contributed by atoms with Gasteiger partial charge in [0.05, 0.1) is 10.9 Å². The smallest absolute Gasteiger partial charge is 0.140 e. The molecule has 0 saturated heterocycles. The van der Waals surface area contributed by atoms with Crippen molar-refractivity contribution in [1.82, 2.24) is 4.31 Å². The lowest BCUT2D eigenvalue weighted by Gasteiger charge is -2.27. The molecule has 0 fully saturated rings. The lowest BCUT2D eigenvalue weighted by atomic mass is 10.2. The van der Waals surface area contributed by atoms with E-state index in [2.05, 4.69) is 18.2 Å². The van der Waals surface area contributed by atoms with Gasteiger partial charge < -0.3 is 5.73 Å². The molecule has 0 aliphatic heterocycles. The average Bonchev–Trinajstić information content (AvgIpc) is 2.43. The Morgan fingerprint density at radius 3 is 2.35 bits per heavy atom. The molecule has 4 nitrogen and oxygen atoms in total. The van der Waals surface area contributed by atoms with Crippen LogP contribution in [0.2, 0.25) is 0 Å². The largest absolute Gasteiger partial charge is 0.399 e. The summed E-state index contributed by atoms with van der Waals surface area (Å²) in [5.74, 6) is 0. The normalized spacial score (nSPS) is 14.8. The molecule has 5 heteroatoms. The van der Waals surface area contributed by atoms with Gasteiger partial charge in [-0.1, -0.05) is 19.9 Å². The fraction of sp³-hybridized carbons (Fsp3) is 0.600. The molecule has 0 radical (unpaired) electrons. The molecule has 1 aromatic carbocycles. The third-order valence-corrected chi connectivity index (χ3v) is 6.17. The van der Waals surface area contributed by atoms with E-state index in [0.717, 1.165) is 12.8 Å². The summed E-state index contributed by atoms with van der Waals surface area (Å²) >= 11 is 0. The number of hydrogen-bond acceptors (Lipinski definition) is 3. The summed E-state index contributed by atoms with van der Waals surface area (Å²) in [6.45, 7) is 8.20. The van der Waals surface area contributed by atoms with Gasteiger partial charge in [0.15, 0.2) is 0 Å². The van der Waals surface area contributed by atoms with Crippen LogP contribution in [-0.2, 0) is 9.92 Å². The number of rotatable bonds is 6. The predicted molar refractivity (Wildman–Crippen MR) is 87.0 cm³/mol. The van der Waals surface area contributed by atoms with Crippen LogP contribution in [0.3, 0.4) is 0 Å². The van der Waals surface area contributed by atoms with Crippen LogP contribution in [0.4, 0.5) is 5.69 Å². The molecule has 1 aromatic rings. The molecule has 0 aromatic heterocycles. The van der Waals surface area contributed by atoms with Crippen LogP contribution in [0.5, 0.6) is 0 Å². The van der Waals surface area contributed by atoms with Gasteiger partial charge in [0, 0.05) is 18.8 Å². The molecule has 0 bridgehead atoms. The van der Waals surface area contributed by atoms with Crippen molar-refractivity contribution >= 4 is 15.6 Å². The third kappa shape index (κ3) is 3.73. The number of anilines is 1. The fourth-order valence-electron chi connectivity index (χ4n) is 1.91. The first-order valence-electron chi connectivity index (χ1n) is 7.20. The minimum absolute atomic E-state index is 0.102. The molecule has 1 unspecified atom stereocenters. The SMILES string of the molecule is CCC(CC)N=S(=O)(c1cccc(N)c1)N(C)C(C)C. The second-order valence-corrected chi connectivity index (χ2v) is 7.54. The minimum Gasteiger partial charge on any atom is -0.399 e. The second kappa shape index (κ2) is 7.09. The van der Waals surface area contributed by atoms with Crippen molar-refractivity contribution in [3.05, 3.63) is 24.3 Å². The van der Waals surface area contributed by atoms with E-state index in [9.17, 15) is 4.21 Å². The lowest BCUT2D eigenvalue weighted by molar-refractivity contribution is 0.433. The van der Waals surface area contributed by atoms with E-state index in [4.69, 9.17) is 5.73 Å². The first-order valence-corrected chi connectivity index (χ1v) is 8.67. The van der Waals surface area contributed by atoms with E-state index in [0.29, 0.717) is 10.6 Å². The average molecular weight is 297 g/mol. The Balaban J connectivity index is 3.46. The molecule has 114 valence electrons. The number of nitrogens with zero attached hydrogens (tertiary/aromatic N) is 2. The van der Waals surface area contributed by atoms with Crippen LogP contribution >= 0.6 is 0 Å². The number of benzene rings is 1. The van der Waals surface area contributed by atoms with Crippen LogP contribution < -0.4 is 5.73 Å². The summed E-state index contributed by atoms with van der Waals surface area (Å²) < 4.78 is 20.0. The van der Waals surface area contributed by atoms with E-state index in [1.165, 1.54) is 0 Å². The second-order valence-electron chi connectivity index (χ2n) is 5.28. The number of nitrogens with two attached hydrogens (primary N) is 1. The van der Waals surface area contributed by atoms with Crippen molar-refractivity contribution in [2.24, 2.45) is 4.36 Å². The van der Waals surface area contributed by atoms with Gasteiger partial charge >= 0.3 is 0 Å². The van der Waals surface area contributed by atoms with Crippen molar-refractivity contribution < 1.29 is 4.21 Å². The van der Waals surface area contributed by atoms with Crippen molar-refractivity contribution in [3.8, 4) is 0 Å². The van der Waals surface area contributed by atoms with E-state index >= 15 is 0 Å². The highest BCUT2D eigenvalue weighted by Gasteiger charge is 2.23. The Morgan fingerprint density at radius 1 is 1.30 bits per heavy atom. The number of nitrogen functional groups attached to an aromatic ring is 1. The summed E-state index contributed by atoms with van der Waals surface area (Å²) in [7, 11) is -0.750. The van der Waals surface area contributed by atoms with Gasteiger partial charge in [-0.05, 0) is 44.9 Å². The summed E-state index contributed by atoms with van der Waals surface area (Å²) in [6.07, 6.45) is 1.78. The van der Waals surface area contributed by atoms with Gasteiger partial charge in [0.25, 0.3) is 0 Å². The Labute approximate surface area is 123 Å². The van der Waals surface area contributed by atoms with Crippen molar-refractivity contribution in [1.29, 1.82) is 0 Å². The van der Waals surface area contributed by atoms with Gasteiger partial charge in [-0.2, -0.15) is 0 Å². The van der Waals surface area contributed by atoms with E-state index in [-0.39, 0.29) is 12.1 Å². The summed E-state index contributed by atoms with van der Waals surface area (Å²) in [5, 5.41) is 0. The fourth-order valence-corrected chi connectivity index (χ4v) is 4.33. The van der Waals surface area contributed by atoms with E-state index in [1.54, 1.807) is 12.1 Å². The first kappa shape index (κ1) is 17.0. The summed E-state index contributed by atoms with van der Waals surface area (Å²) in [5.41, 5.74) is 6.46. The Kier molecular flexibility index (Phi) is 6.02. The van der Waals surface area contributed by atoms with Gasteiger partial charge in [-0.3, -0.25) is 0 Å². The molecular formula is C15H27N3OS. The Morgan fingerprint density at radius 2 is 1.90 bits per heavy atom. The van der Waals surface area contributed by atoms with Crippen LogP contribution in [0.25, 0.3) is 0 Å². The maximum atomic E-state index is 13.5. The van der Waals surface area contributed by atoms with E-state index < -0.39 is 9.92 Å². The van der Waals surface area contributed by atoms with Gasteiger partial charge in [0.1, 0.15) is 9.92 Å². The minimum atomic E-state index is -2.61.